The maximum Gasteiger partial charge on any atom is 0.0721 e. The number of hydrogen-bond donors (Lipinski definition) is 2. The minimum atomic E-state index is 0.0490. The fourth-order valence-corrected chi connectivity index (χ4v) is 2.52. The highest BCUT2D eigenvalue weighted by molar-refractivity contribution is 7.10. The third-order valence-corrected chi connectivity index (χ3v) is 3.51. The molecule has 0 amide bonds. The van der Waals surface area contributed by atoms with Gasteiger partial charge in [0.15, 0.2) is 0 Å². The number of thiophene rings is 1. The molecule has 0 saturated carbocycles. The molecule has 2 rings (SSSR count). The van der Waals surface area contributed by atoms with Crippen LogP contribution in [0.2, 0.25) is 0 Å². The zero-order valence-electron chi connectivity index (χ0n) is 9.40. The second-order valence-electron chi connectivity index (χ2n) is 3.82. The monoisotopic (exact) mass is 233 g/mol. The second kappa shape index (κ2) is 4.74. The molecule has 2 aromatic rings. The van der Waals surface area contributed by atoms with Crippen LogP contribution in [-0.4, -0.2) is 4.98 Å². The summed E-state index contributed by atoms with van der Waals surface area (Å²) in [7, 11) is 0. The summed E-state index contributed by atoms with van der Waals surface area (Å²) in [6.07, 6.45) is 3.66. The fraction of sp³-hybridized carbons (Fsp3) is 0.250. The lowest BCUT2D eigenvalue weighted by Crippen LogP contribution is -2.29. The second-order valence-corrected chi connectivity index (χ2v) is 4.94. The molecule has 4 heteroatoms. The minimum absolute atomic E-state index is 0.0490. The van der Waals surface area contributed by atoms with Crippen LogP contribution in [0.5, 0.6) is 0 Å². The molecule has 1 unspecified atom stereocenters. The topological polar surface area (TPSA) is 50.9 Å². The number of pyridine rings is 1. The molecule has 1 atom stereocenters. The van der Waals surface area contributed by atoms with Crippen molar-refractivity contribution in [2.75, 3.05) is 0 Å². The molecule has 2 heterocycles. The lowest BCUT2D eigenvalue weighted by atomic mass is 9.99. The molecular formula is C12H15N3S. The number of rotatable bonds is 3. The highest BCUT2D eigenvalue weighted by Gasteiger charge is 2.15. The zero-order valence-corrected chi connectivity index (χ0v) is 10.2. The average Bonchev–Trinajstić information content (AvgIpc) is 2.69. The summed E-state index contributed by atoms with van der Waals surface area (Å²) in [4.78, 5) is 5.39. The Hall–Kier alpha value is -1.23. The Bertz CT molecular complexity index is 479. The van der Waals surface area contributed by atoms with Gasteiger partial charge in [0.05, 0.1) is 6.04 Å². The van der Waals surface area contributed by atoms with Gasteiger partial charge in [-0.3, -0.25) is 10.8 Å². The van der Waals surface area contributed by atoms with Crippen LogP contribution >= 0.6 is 11.3 Å². The maximum absolute atomic E-state index is 5.65. The summed E-state index contributed by atoms with van der Waals surface area (Å²) in [6, 6.07) is 4.22. The van der Waals surface area contributed by atoms with E-state index in [-0.39, 0.29) is 6.04 Å². The summed E-state index contributed by atoms with van der Waals surface area (Å²) in [5.41, 5.74) is 6.40. The highest BCUT2D eigenvalue weighted by atomic mass is 32.1. The molecule has 0 saturated heterocycles. The van der Waals surface area contributed by atoms with Gasteiger partial charge in [-0.25, -0.2) is 5.43 Å². The predicted octanol–water partition coefficient (Wildman–Crippen LogP) is 2.31. The van der Waals surface area contributed by atoms with Gasteiger partial charge in [0, 0.05) is 17.3 Å². The number of nitrogens with one attached hydrogen (secondary N) is 1. The van der Waals surface area contributed by atoms with E-state index >= 15 is 0 Å². The first-order valence-corrected chi connectivity index (χ1v) is 6.02. The normalized spacial score (nSPS) is 12.7. The summed E-state index contributed by atoms with van der Waals surface area (Å²) >= 11 is 1.74. The Kier molecular flexibility index (Phi) is 3.33. The largest absolute Gasteiger partial charge is 0.271 e. The molecule has 0 aromatic carbocycles. The lowest BCUT2D eigenvalue weighted by molar-refractivity contribution is 0.634. The Morgan fingerprint density at radius 2 is 2.25 bits per heavy atom. The molecule has 0 spiro atoms. The summed E-state index contributed by atoms with van der Waals surface area (Å²) in [5.74, 6) is 5.65. The smallest absolute Gasteiger partial charge is 0.0721 e. The van der Waals surface area contributed by atoms with Crippen molar-refractivity contribution in [1.29, 1.82) is 0 Å². The quantitative estimate of drug-likeness (QED) is 0.632. The van der Waals surface area contributed by atoms with Crippen molar-refractivity contribution in [3.8, 4) is 0 Å². The number of nitrogens with two attached hydrogens (primary N) is 1. The van der Waals surface area contributed by atoms with Crippen LogP contribution in [0.1, 0.15) is 27.6 Å². The fourth-order valence-electron chi connectivity index (χ4n) is 1.79. The first-order valence-electron chi connectivity index (χ1n) is 5.14. The van der Waals surface area contributed by atoms with Gasteiger partial charge in [0.1, 0.15) is 0 Å². The molecule has 0 aliphatic carbocycles. The van der Waals surface area contributed by atoms with Crippen LogP contribution in [0.25, 0.3) is 0 Å². The summed E-state index contributed by atoms with van der Waals surface area (Å²) in [5, 5.41) is 2.14. The number of hydrazine groups is 1. The molecule has 3 nitrogen and oxygen atoms in total. The first kappa shape index (κ1) is 11.3. The molecular weight excluding hydrogens is 218 g/mol. The third kappa shape index (κ3) is 2.14. The van der Waals surface area contributed by atoms with E-state index in [1.165, 1.54) is 16.0 Å². The molecule has 3 N–H and O–H groups in total. The van der Waals surface area contributed by atoms with Gasteiger partial charge in [0.2, 0.25) is 0 Å². The van der Waals surface area contributed by atoms with Crippen LogP contribution in [0.3, 0.4) is 0 Å². The van der Waals surface area contributed by atoms with E-state index in [9.17, 15) is 0 Å². The van der Waals surface area contributed by atoms with Crippen molar-refractivity contribution in [3.63, 3.8) is 0 Å². The van der Waals surface area contributed by atoms with E-state index in [2.05, 4.69) is 28.8 Å². The van der Waals surface area contributed by atoms with Crippen molar-refractivity contribution in [2.24, 2.45) is 5.84 Å². The van der Waals surface area contributed by atoms with Crippen LogP contribution in [0.15, 0.2) is 29.9 Å². The van der Waals surface area contributed by atoms with Crippen LogP contribution in [0.4, 0.5) is 0 Å². The Morgan fingerprint density at radius 1 is 1.44 bits per heavy atom. The van der Waals surface area contributed by atoms with Gasteiger partial charge in [-0.2, -0.15) is 0 Å². The third-order valence-electron chi connectivity index (χ3n) is 2.63. The van der Waals surface area contributed by atoms with E-state index in [0.717, 1.165) is 5.56 Å². The molecule has 0 aliphatic heterocycles. The number of nitrogens with zero attached hydrogens (tertiary/aromatic N) is 1. The number of aromatic nitrogens is 1. The van der Waals surface area contributed by atoms with Gasteiger partial charge in [-0.15, -0.1) is 11.3 Å². The minimum Gasteiger partial charge on any atom is -0.271 e. The van der Waals surface area contributed by atoms with Crippen LogP contribution in [0, 0.1) is 13.8 Å². The Labute approximate surface area is 99.3 Å². The molecule has 16 heavy (non-hydrogen) atoms. The van der Waals surface area contributed by atoms with Crippen molar-refractivity contribution in [2.45, 2.75) is 19.9 Å². The molecule has 84 valence electrons. The lowest BCUT2D eigenvalue weighted by Gasteiger charge is -2.17. The SMILES string of the molecule is Cc1cc(C(NN)c2ccncc2C)cs1. The van der Waals surface area contributed by atoms with E-state index < -0.39 is 0 Å². The van der Waals surface area contributed by atoms with Crippen molar-refractivity contribution < 1.29 is 0 Å². The average molecular weight is 233 g/mol. The van der Waals surface area contributed by atoms with E-state index in [1.807, 2.05) is 19.2 Å². The molecule has 0 aliphatic rings. The Morgan fingerprint density at radius 3 is 2.81 bits per heavy atom. The summed E-state index contributed by atoms with van der Waals surface area (Å²) in [6.45, 7) is 4.15. The van der Waals surface area contributed by atoms with Gasteiger partial charge < -0.3 is 0 Å². The van der Waals surface area contributed by atoms with E-state index in [4.69, 9.17) is 5.84 Å². The maximum atomic E-state index is 5.65. The first-order chi connectivity index (χ1) is 7.72. The van der Waals surface area contributed by atoms with Crippen LogP contribution < -0.4 is 11.3 Å². The van der Waals surface area contributed by atoms with E-state index in [0.29, 0.717) is 0 Å². The van der Waals surface area contributed by atoms with Crippen molar-refractivity contribution in [3.05, 3.63) is 51.5 Å². The number of aryl methyl sites for hydroxylation is 2. The standard InChI is InChI=1S/C12H15N3S/c1-8-6-14-4-3-11(8)12(15-13)10-5-9(2)16-7-10/h3-7,12,15H,13H2,1-2H3. The van der Waals surface area contributed by atoms with Crippen molar-refractivity contribution >= 4 is 11.3 Å². The molecule has 0 radical (unpaired) electrons. The molecule has 0 bridgehead atoms. The van der Waals surface area contributed by atoms with Gasteiger partial charge in [0.25, 0.3) is 0 Å². The predicted molar refractivity (Wildman–Crippen MR) is 67.2 cm³/mol. The van der Waals surface area contributed by atoms with Gasteiger partial charge >= 0.3 is 0 Å². The molecule has 0 fully saturated rings. The Balaban J connectivity index is 2.40. The highest BCUT2D eigenvalue weighted by Crippen LogP contribution is 2.27. The van der Waals surface area contributed by atoms with Gasteiger partial charge in [-0.05, 0) is 48.1 Å². The van der Waals surface area contributed by atoms with E-state index in [1.54, 1.807) is 17.5 Å². The number of hydrogen-bond acceptors (Lipinski definition) is 4. The zero-order chi connectivity index (χ0) is 11.5. The summed E-state index contributed by atoms with van der Waals surface area (Å²) < 4.78 is 0. The van der Waals surface area contributed by atoms with Crippen molar-refractivity contribution in [1.82, 2.24) is 10.4 Å². The molecule has 2 aromatic heterocycles. The van der Waals surface area contributed by atoms with Crippen LogP contribution in [-0.2, 0) is 0 Å². The van der Waals surface area contributed by atoms with Gasteiger partial charge in [-0.1, -0.05) is 0 Å².